The van der Waals surface area contributed by atoms with E-state index in [1.165, 1.54) is 48.3 Å². The highest BCUT2D eigenvalue weighted by atomic mass is 32.2. The normalized spacial score (nSPS) is 24.6. The Balaban J connectivity index is 1.87. The first-order chi connectivity index (χ1) is 9.38. The van der Waals surface area contributed by atoms with E-state index in [-0.39, 0.29) is 0 Å². The third-order valence-electron chi connectivity index (χ3n) is 4.38. The summed E-state index contributed by atoms with van der Waals surface area (Å²) in [5.41, 5.74) is 2.89. The largest absolute Gasteiger partial charge is 0.496 e. The molecule has 2 saturated heterocycles. The molecule has 1 aromatic rings. The first-order valence-corrected chi connectivity index (χ1v) is 8.53. The van der Waals surface area contributed by atoms with E-state index in [9.17, 15) is 0 Å². The van der Waals surface area contributed by atoms with E-state index >= 15 is 0 Å². The van der Waals surface area contributed by atoms with Crippen molar-refractivity contribution in [1.82, 2.24) is 5.32 Å². The predicted octanol–water partition coefficient (Wildman–Crippen LogP) is 3.73. The minimum atomic E-state index is 0.493. The molecule has 0 saturated carbocycles. The molecule has 3 rings (SSSR count). The Kier molecular flexibility index (Phi) is 4.34. The van der Waals surface area contributed by atoms with E-state index in [0.29, 0.717) is 6.04 Å². The van der Waals surface area contributed by atoms with E-state index in [1.54, 1.807) is 7.11 Å². The number of methoxy groups -OCH3 is 1. The van der Waals surface area contributed by atoms with E-state index < -0.39 is 0 Å². The third-order valence-corrected chi connectivity index (χ3v) is 5.43. The molecule has 0 aliphatic carbocycles. The maximum absolute atomic E-state index is 5.56. The molecule has 2 aliphatic rings. The molecule has 1 unspecified atom stereocenters. The summed E-state index contributed by atoms with van der Waals surface area (Å²) in [6.45, 7) is 1.14. The monoisotopic (exact) mass is 277 g/mol. The number of hydrogen-bond acceptors (Lipinski definition) is 3. The van der Waals surface area contributed by atoms with E-state index in [1.807, 2.05) is 0 Å². The molecule has 19 heavy (non-hydrogen) atoms. The summed E-state index contributed by atoms with van der Waals surface area (Å²) in [5.74, 6) is 4.43. The van der Waals surface area contributed by atoms with Crippen molar-refractivity contribution >= 4 is 11.8 Å². The zero-order valence-corrected chi connectivity index (χ0v) is 12.5. The van der Waals surface area contributed by atoms with Gasteiger partial charge in [-0.25, -0.2) is 0 Å². The molecule has 2 nitrogen and oxygen atoms in total. The predicted molar refractivity (Wildman–Crippen MR) is 82.3 cm³/mol. The molecule has 2 heterocycles. The van der Waals surface area contributed by atoms with Gasteiger partial charge in [-0.05, 0) is 61.3 Å². The van der Waals surface area contributed by atoms with Gasteiger partial charge in [0, 0.05) is 11.6 Å². The van der Waals surface area contributed by atoms with Crippen molar-refractivity contribution in [3.63, 3.8) is 0 Å². The Morgan fingerprint density at radius 3 is 2.74 bits per heavy atom. The fraction of sp³-hybridized carbons (Fsp3) is 0.625. The highest BCUT2D eigenvalue weighted by Gasteiger charge is 2.22. The van der Waals surface area contributed by atoms with Crippen LogP contribution in [0.5, 0.6) is 5.75 Å². The van der Waals surface area contributed by atoms with Gasteiger partial charge < -0.3 is 10.1 Å². The van der Waals surface area contributed by atoms with E-state index in [4.69, 9.17) is 4.74 Å². The number of ether oxygens (including phenoxy) is 1. The lowest BCUT2D eigenvalue weighted by Crippen LogP contribution is -2.15. The van der Waals surface area contributed by atoms with Crippen LogP contribution in [0.3, 0.4) is 0 Å². The van der Waals surface area contributed by atoms with Crippen LogP contribution in [0.1, 0.15) is 48.8 Å². The van der Waals surface area contributed by atoms with Gasteiger partial charge in [0.05, 0.1) is 7.11 Å². The second-order valence-corrected chi connectivity index (χ2v) is 6.76. The molecule has 0 aromatic heterocycles. The molecule has 104 valence electrons. The Morgan fingerprint density at radius 2 is 2.05 bits per heavy atom. The molecule has 0 radical (unpaired) electrons. The Bertz CT molecular complexity index is 423. The van der Waals surface area contributed by atoms with Crippen molar-refractivity contribution in [2.45, 2.75) is 37.6 Å². The van der Waals surface area contributed by atoms with E-state index in [2.05, 4.69) is 35.3 Å². The maximum atomic E-state index is 5.56. The second kappa shape index (κ2) is 6.19. The van der Waals surface area contributed by atoms with Crippen LogP contribution in [0, 0.1) is 0 Å². The topological polar surface area (TPSA) is 21.3 Å². The average Bonchev–Trinajstić information content (AvgIpc) is 3.01. The second-order valence-electron chi connectivity index (χ2n) is 5.54. The summed E-state index contributed by atoms with van der Waals surface area (Å²) in [6, 6.07) is 7.35. The van der Waals surface area contributed by atoms with Crippen LogP contribution in [-0.2, 0) is 0 Å². The Morgan fingerprint density at radius 1 is 1.21 bits per heavy atom. The summed E-state index contributed by atoms with van der Waals surface area (Å²) in [7, 11) is 1.78. The van der Waals surface area contributed by atoms with Crippen molar-refractivity contribution in [2.75, 3.05) is 25.2 Å². The minimum Gasteiger partial charge on any atom is -0.496 e. The van der Waals surface area contributed by atoms with Gasteiger partial charge in [0.2, 0.25) is 0 Å². The number of hydrogen-bond donors (Lipinski definition) is 1. The quantitative estimate of drug-likeness (QED) is 0.909. The zero-order valence-electron chi connectivity index (χ0n) is 11.7. The SMILES string of the molecule is COc1ccc(C2CCSCC2)cc1C1CCCN1. The number of benzene rings is 1. The molecule has 0 amide bonds. The van der Waals surface area contributed by atoms with Gasteiger partial charge in [0.15, 0.2) is 0 Å². The molecular formula is C16H23NOS. The molecule has 3 heteroatoms. The zero-order chi connectivity index (χ0) is 13.1. The average molecular weight is 277 g/mol. The standard InChI is InChI=1S/C16H23NOS/c1-18-16-5-4-13(12-6-9-19-10-7-12)11-14(16)15-3-2-8-17-15/h4-5,11-12,15,17H,2-3,6-10H2,1H3. The van der Waals surface area contributed by atoms with Crippen LogP contribution >= 0.6 is 11.8 Å². The van der Waals surface area contributed by atoms with Gasteiger partial charge in [-0.3, -0.25) is 0 Å². The van der Waals surface area contributed by atoms with Crippen LogP contribution in [0.4, 0.5) is 0 Å². The van der Waals surface area contributed by atoms with Crippen LogP contribution in [0.2, 0.25) is 0 Å². The maximum Gasteiger partial charge on any atom is 0.123 e. The fourth-order valence-electron chi connectivity index (χ4n) is 3.26. The summed E-state index contributed by atoms with van der Waals surface area (Å²) >= 11 is 2.09. The molecule has 0 bridgehead atoms. The Hall–Kier alpha value is -0.670. The third kappa shape index (κ3) is 2.92. The molecule has 2 aliphatic heterocycles. The first kappa shape index (κ1) is 13.3. The van der Waals surface area contributed by atoms with Crippen molar-refractivity contribution < 1.29 is 4.74 Å². The lowest BCUT2D eigenvalue weighted by molar-refractivity contribution is 0.403. The van der Waals surface area contributed by atoms with Crippen molar-refractivity contribution in [2.24, 2.45) is 0 Å². The van der Waals surface area contributed by atoms with Crippen molar-refractivity contribution in [3.8, 4) is 5.75 Å². The molecule has 1 atom stereocenters. The van der Waals surface area contributed by atoms with Crippen molar-refractivity contribution in [1.29, 1.82) is 0 Å². The van der Waals surface area contributed by atoms with Gasteiger partial charge in [0.25, 0.3) is 0 Å². The molecular weight excluding hydrogens is 254 g/mol. The van der Waals surface area contributed by atoms with Gasteiger partial charge >= 0.3 is 0 Å². The van der Waals surface area contributed by atoms with Crippen molar-refractivity contribution in [3.05, 3.63) is 29.3 Å². The highest BCUT2D eigenvalue weighted by Crippen LogP contribution is 2.37. The Labute approximate surface area is 120 Å². The fourth-order valence-corrected chi connectivity index (χ4v) is 4.37. The van der Waals surface area contributed by atoms with E-state index in [0.717, 1.165) is 18.2 Å². The van der Waals surface area contributed by atoms with Crippen LogP contribution in [-0.4, -0.2) is 25.2 Å². The highest BCUT2D eigenvalue weighted by molar-refractivity contribution is 7.99. The molecule has 1 aromatic carbocycles. The molecule has 0 spiro atoms. The summed E-state index contributed by atoms with van der Waals surface area (Å²) in [5, 5.41) is 3.59. The summed E-state index contributed by atoms with van der Waals surface area (Å²) in [6.07, 6.45) is 5.17. The first-order valence-electron chi connectivity index (χ1n) is 7.37. The summed E-state index contributed by atoms with van der Waals surface area (Å²) in [4.78, 5) is 0. The summed E-state index contributed by atoms with van der Waals surface area (Å²) < 4.78 is 5.56. The number of nitrogens with one attached hydrogen (secondary N) is 1. The lowest BCUT2D eigenvalue weighted by Gasteiger charge is -2.24. The molecule has 1 N–H and O–H groups in total. The van der Waals surface area contributed by atoms with Gasteiger partial charge in [-0.2, -0.15) is 11.8 Å². The lowest BCUT2D eigenvalue weighted by atomic mass is 9.90. The van der Waals surface area contributed by atoms with Crippen LogP contribution in [0.15, 0.2) is 18.2 Å². The number of rotatable bonds is 3. The van der Waals surface area contributed by atoms with Gasteiger partial charge in [0.1, 0.15) is 5.75 Å². The van der Waals surface area contributed by atoms with Gasteiger partial charge in [-0.15, -0.1) is 0 Å². The smallest absolute Gasteiger partial charge is 0.123 e. The number of thioether (sulfide) groups is 1. The van der Waals surface area contributed by atoms with Crippen LogP contribution in [0.25, 0.3) is 0 Å². The van der Waals surface area contributed by atoms with Crippen LogP contribution < -0.4 is 10.1 Å². The minimum absolute atomic E-state index is 0.493. The molecule has 2 fully saturated rings. The van der Waals surface area contributed by atoms with Gasteiger partial charge in [-0.1, -0.05) is 12.1 Å².